The monoisotopic (exact) mass is 461 g/mol. The van der Waals surface area contributed by atoms with Gasteiger partial charge < -0.3 is 5.32 Å². The molecule has 0 spiro atoms. The lowest BCUT2D eigenvalue weighted by molar-refractivity contribution is -0.384. The average molecular weight is 461 g/mol. The molecule has 0 bridgehead atoms. The standard InChI is InChI=1S/C23H16FN5O3S/c24-18-11-9-16(10-12-18)20-22(27-21(30)17-6-2-1-3-7-17)33-23(26-20)28-25-14-15-5-4-8-19(13-15)29(31)32/h1-14H,(H,26,28)(H,27,30)/b25-14-. The van der Waals surface area contributed by atoms with Crippen LogP contribution in [0.15, 0.2) is 84.0 Å². The molecule has 0 fully saturated rings. The van der Waals surface area contributed by atoms with Crippen LogP contribution in [0.1, 0.15) is 15.9 Å². The normalized spacial score (nSPS) is 10.8. The first kappa shape index (κ1) is 21.8. The number of non-ortho nitro benzene ring substituents is 1. The van der Waals surface area contributed by atoms with E-state index in [4.69, 9.17) is 0 Å². The molecule has 1 heterocycles. The summed E-state index contributed by atoms with van der Waals surface area (Å²) in [5, 5.41) is 18.7. The summed E-state index contributed by atoms with van der Waals surface area (Å²) in [6, 6.07) is 20.5. The first-order chi connectivity index (χ1) is 16.0. The molecule has 10 heteroatoms. The Morgan fingerprint density at radius 1 is 1.06 bits per heavy atom. The van der Waals surface area contributed by atoms with E-state index in [-0.39, 0.29) is 17.4 Å². The molecule has 0 aliphatic rings. The molecule has 1 aromatic heterocycles. The van der Waals surface area contributed by atoms with Gasteiger partial charge in [-0.15, -0.1) is 0 Å². The van der Waals surface area contributed by atoms with Crippen LogP contribution in [0.4, 0.5) is 20.2 Å². The Labute approximate surface area is 191 Å². The van der Waals surface area contributed by atoms with Crippen molar-refractivity contribution in [3.05, 3.63) is 106 Å². The summed E-state index contributed by atoms with van der Waals surface area (Å²) in [6.45, 7) is 0. The predicted octanol–water partition coefficient (Wildman–Crippen LogP) is 5.56. The fourth-order valence-corrected chi connectivity index (χ4v) is 3.73. The minimum absolute atomic E-state index is 0.0438. The van der Waals surface area contributed by atoms with E-state index in [2.05, 4.69) is 20.8 Å². The zero-order chi connectivity index (χ0) is 23.2. The topological polar surface area (TPSA) is 110 Å². The first-order valence-electron chi connectivity index (χ1n) is 9.66. The molecule has 1 amide bonds. The summed E-state index contributed by atoms with van der Waals surface area (Å²) >= 11 is 1.15. The number of hydrogen-bond acceptors (Lipinski definition) is 7. The van der Waals surface area contributed by atoms with E-state index in [1.54, 1.807) is 48.5 Å². The van der Waals surface area contributed by atoms with Crippen LogP contribution in [0.25, 0.3) is 11.3 Å². The van der Waals surface area contributed by atoms with Crippen LogP contribution in [0.2, 0.25) is 0 Å². The lowest BCUT2D eigenvalue weighted by Gasteiger charge is -2.05. The van der Waals surface area contributed by atoms with E-state index < -0.39 is 4.92 Å². The van der Waals surface area contributed by atoms with Gasteiger partial charge >= 0.3 is 0 Å². The second-order valence-electron chi connectivity index (χ2n) is 6.75. The zero-order valence-electron chi connectivity index (χ0n) is 16.9. The fourth-order valence-electron chi connectivity index (χ4n) is 2.90. The molecule has 4 rings (SSSR count). The minimum atomic E-state index is -0.484. The smallest absolute Gasteiger partial charge is 0.270 e. The summed E-state index contributed by atoms with van der Waals surface area (Å²) in [5.74, 6) is -0.696. The van der Waals surface area contributed by atoms with Gasteiger partial charge in [0.05, 0.1) is 11.1 Å². The number of nitro benzene ring substituents is 1. The van der Waals surface area contributed by atoms with Gasteiger partial charge in [0.15, 0.2) is 0 Å². The van der Waals surface area contributed by atoms with E-state index in [9.17, 15) is 19.3 Å². The Bertz CT molecular complexity index is 1320. The third-order valence-electron chi connectivity index (χ3n) is 4.46. The van der Waals surface area contributed by atoms with Gasteiger partial charge in [-0.25, -0.2) is 9.37 Å². The second-order valence-corrected chi connectivity index (χ2v) is 7.74. The number of nitro groups is 1. The third-order valence-corrected chi connectivity index (χ3v) is 5.34. The number of thiazole rings is 1. The highest BCUT2D eigenvalue weighted by molar-refractivity contribution is 7.20. The van der Waals surface area contributed by atoms with Crippen LogP contribution in [0, 0.1) is 15.9 Å². The third kappa shape index (κ3) is 5.43. The largest absolute Gasteiger partial charge is 0.312 e. The maximum Gasteiger partial charge on any atom is 0.270 e. The van der Waals surface area contributed by atoms with Gasteiger partial charge in [0.2, 0.25) is 5.13 Å². The van der Waals surface area contributed by atoms with Gasteiger partial charge in [-0.3, -0.25) is 20.3 Å². The highest BCUT2D eigenvalue weighted by Gasteiger charge is 2.16. The van der Waals surface area contributed by atoms with Crippen molar-refractivity contribution >= 4 is 39.3 Å². The molecule has 0 unspecified atom stereocenters. The lowest BCUT2D eigenvalue weighted by Crippen LogP contribution is -2.11. The lowest BCUT2D eigenvalue weighted by atomic mass is 10.1. The molecule has 33 heavy (non-hydrogen) atoms. The van der Waals surface area contributed by atoms with Crippen LogP contribution >= 0.6 is 11.3 Å². The molecule has 8 nitrogen and oxygen atoms in total. The summed E-state index contributed by atoms with van der Waals surface area (Å²) in [4.78, 5) is 27.6. The SMILES string of the molecule is O=C(Nc1sc(N/N=C\c2cccc([N+](=O)[O-])c2)nc1-c1ccc(F)cc1)c1ccccc1. The van der Waals surface area contributed by atoms with Crippen LogP contribution in [-0.4, -0.2) is 22.0 Å². The molecular formula is C23H16FN5O3S. The molecule has 0 radical (unpaired) electrons. The Morgan fingerprint density at radius 2 is 1.82 bits per heavy atom. The van der Waals surface area contributed by atoms with Crippen molar-refractivity contribution in [3.8, 4) is 11.3 Å². The maximum atomic E-state index is 13.4. The Morgan fingerprint density at radius 3 is 2.55 bits per heavy atom. The van der Waals surface area contributed by atoms with Crippen molar-refractivity contribution in [2.75, 3.05) is 10.7 Å². The summed E-state index contributed by atoms with van der Waals surface area (Å²) in [5.41, 5.74) is 4.82. The fraction of sp³-hybridized carbons (Fsp3) is 0. The van der Waals surface area contributed by atoms with E-state index >= 15 is 0 Å². The van der Waals surface area contributed by atoms with Gasteiger partial charge in [-0.05, 0) is 36.4 Å². The first-order valence-corrected chi connectivity index (χ1v) is 10.5. The molecule has 0 atom stereocenters. The number of hydrazone groups is 1. The van der Waals surface area contributed by atoms with E-state index in [1.807, 2.05) is 6.07 Å². The number of carbonyl (C=O) groups is 1. The van der Waals surface area contributed by atoms with Crippen LogP contribution in [-0.2, 0) is 0 Å². The number of anilines is 2. The minimum Gasteiger partial charge on any atom is -0.312 e. The summed E-state index contributed by atoms with van der Waals surface area (Å²) in [6.07, 6.45) is 1.42. The van der Waals surface area contributed by atoms with Gasteiger partial charge in [-0.1, -0.05) is 41.7 Å². The van der Waals surface area contributed by atoms with Gasteiger partial charge in [0.25, 0.3) is 11.6 Å². The highest BCUT2D eigenvalue weighted by Crippen LogP contribution is 2.36. The van der Waals surface area contributed by atoms with Crippen molar-refractivity contribution in [3.63, 3.8) is 0 Å². The van der Waals surface area contributed by atoms with Gasteiger partial charge in [0.1, 0.15) is 16.5 Å². The molecule has 0 aliphatic heterocycles. The number of benzene rings is 3. The maximum absolute atomic E-state index is 13.4. The molecule has 0 saturated heterocycles. The Balaban J connectivity index is 1.59. The van der Waals surface area contributed by atoms with Crippen molar-refractivity contribution in [1.29, 1.82) is 0 Å². The number of rotatable bonds is 7. The molecule has 0 saturated carbocycles. The summed E-state index contributed by atoms with van der Waals surface area (Å²) in [7, 11) is 0. The van der Waals surface area contributed by atoms with E-state index in [0.29, 0.717) is 32.5 Å². The van der Waals surface area contributed by atoms with Crippen LogP contribution in [0.3, 0.4) is 0 Å². The quantitative estimate of drug-likeness (QED) is 0.213. The van der Waals surface area contributed by atoms with Crippen LogP contribution < -0.4 is 10.7 Å². The molecule has 164 valence electrons. The van der Waals surface area contributed by atoms with Crippen molar-refractivity contribution in [2.24, 2.45) is 5.10 Å². The average Bonchev–Trinajstić information content (AvgIpc) is 3.22. The molecule has 3 aromatic carbocycles. The second kappa shape index (κ2) is 9.79. The molecule has 4 aromatic rings. The number of aromatic nitrogens is 1. The molecule has 0 aliphatic carbocycles. The van der Waals surface area contributed by atoms with Gasteiger partial charge in [0, 0.05) is 28.8 Å². The zero-order valence-corrected chi connectivity index (χ0v) is 17.8. The van der Waals surface area contributed by atoms with E-state index in [0.717, 1.165) is 11.3 Å². The molecular weight excluding hydrogens is 445 g/mol. The van der Waals surface area contributed by atoms with Crippen molar-refractivity contribution < 1.29 is 14.1 Å². The van der Waals surface area contributed by atoms with Crippen molar-refractivity contribution in [1.82, 2.24) is 4.98 Å². The number of carbonyl (C=O) groups excluding carboxylic acids is 1. The number of hydrogen-bond donors (Lipinski definition) is 2. The Kier molecular flexibility index (Phi) is 6.46. The number of nitrogens with one attached hydrogen (secondary N) is 2. The molecule has 2 N–H and O–H groups in total. The number of amides is 1. The van der Waals surface area contributed by atoms with Gasteiger partial charge in [-0.2, -0.15) is 5.10 Å². The predicted molar refractivity (Wildman–Crippen MR) is 126 cm³/mol. The highest BCUT2D eigenvalue weighted by atomic mass is 32.1. The van der Waals surface area contributed by atoms with Crippen molar-refractivity contribution in [2.45, 2.75) is 0 Å². The number of nitrogens with zero attached hydrogens (tertiary/aromatic N) is 3. The Hall–Kier alpha value is -4.44. The number of halogens is 1. The van der Waals surface area contributed by atoms with Crippen LogP contribution in [0.5, 0.6) is 0 Å². The summed E-state index contributed by atoms with van der Waals surface area (Å²) < 4.78 is 13.4. The van der Waals surface area contributed by atoms with E-state index in [1.165, 1.54) is 30.5 Å².